The van der Waals surface area contributed by atoms with Crippen molar-refractivity contribution in [1.29, 1.82) is 0 Å². The van der Waals surface area contributed by atoms with Gasteiger partial charge in [0, 0.05) is 30.2 Å². The Balaban J connectivity index is 1.33. The third-order valence-corrected chi connectivity index (χ3v) is 4.54. The monoisotopic (exact) mass is 383 g/mol. The Labute approximate surface area is 169 Å². The van der Waals surface area contributed by atoms with E-state index in [0.29, 0.717) is 24.5 Å². The summed E-state index contributed by atoms with van der Waals surface area (Å²) in [6.45, 7) is 0.924. The lowest BCUT2D eigenvalue weighted by molar-refractivity contribution is 0.0950. The van der Waals surface area contributed by atoms with Crippen LogP contribution in [0.4, 0.5) is 0 Å². The summed E-state index contributed by atoms with van der Waals surface area (Å²) in [4.78, 5) is 16.6. The van der Waals surface area contributed by atoms with Crippen LogP contribution in [0.25, 0.3) is 5.69 Å². The third-order valence-electron chi connectivity index (χ3n) is 4.54. The fraction of sp³-hybridized carbons (Fsp3) is 0.0833. The zero-order chi connectivity index (χ0) is 19.9. The van der Waals surface area contributed by atoms with Crippen molar-refractivity contribution in [3.05, 3.63) is 114 Å². The molecule has 0 saturated heterocycles. The number of benzene rings is 3. The summed E-state index contributed by atoms with van der Waals surface area (Å²) < 4.78 is 7.74. The smallest absolute Gasteiger partial charge is 0.251 e. The molecule has 3 aromatic carbocycles. The Kier molecular flexibility index (Phi) is 5.67. The molecule has 0 aliphatic carbocycles. The van der Waals surface area contributed by atoms with Crippen LogP contribution in [0.3, 0.4) is 0 Å². The van der Waals surface area contributed by atoms with Gasteiger partial charge in [0.1, 0.15) is 12.4 Å². The van der Waals surface area contributed by atoms with Gasteiger partial charge in [-0.25, -0.2) is 4.98 Å². The first-order valence-corrected chi connectivity index (χ1v) is 9.40. The standard InChI is InChI=1S/C24H21N3O2/c28-24(26-16-19-9-11-22(12-10-19)27-14-13-25-18-27)21-7-4-8-23(15-21)29-17-20-5-2-1-3-6-20/h1-15,18H,16-17H2,(H,26,28). The maximum Gasteiger partial charge on any atom is 0.251 e. The fourth-order valence-corrected chi connectivity index (χ4v) is 2.95. The summed E-state index contributed by atoms with van der Waals surface area (Å²) >= 11 is 0. The van der Waals surface area contributed by atoms with E-state index in [4.69, 9.17) is 4.74 Å². The summed E-state index contributed by atoms with van der Waals surface area (Å²) in [5, 5.41) is 2.96. The van der Waals surface area contributed by atoms with E-state index in [1.54, 1.807) is 24.7 Å². The Morgan fingerprint density at radius 1 is 0.931 bits per heavy atom. The SMILES string of the molecule is O=C(NCc1ccc(-n2ccnc2)cc1)c1cccc(OCc2ccccc2)c1. The number of nitrogens with zero attached hydrogens (tertiary/aromatic N) is 2. The number of carbonyl (C=O) groups excluding carboxylic acids is 1. The average Bonchev–Trinajstić information content (AvgIpc) is 3.32. The predicted octanol–water partition coefficient (Wildman–Crippen LogP) is 4.38. The number of hydrogen-bond acceptors (Lipinski definition) is 3. The summed E-state index contributed by atoms with van der Waals surface area (Å²) in [5.41, 5.74) is 3.71. The summed E-state index contributed by atoms with van der Waals surface area (Å²) in [6.07, 6.45) is 5.39. The number of ether oxygens (including phenoxy) is 1. The predicted molar refractivity (Wildman–Crippen MR) is 112 cm³/mol. The van der Waals surface area contributed by atoms with Crippen molar-refractivity contribution in [2.24, 2.45) is 0 Å². The topological polar surface area (TPSA) is 56.2 Å². The lowest BCUT2D eigenvalue weighted by atomic mass is 10.1. The maximum atomic E-state index is 12.5. The normalized spacial score (nSPS) is 10.5. The van der Waals surface area contributed by atoms with Crippen LogP contribution in [0, 0.1) is 0 Å². The van der Waals surface area contributed by atoms with Gasteiger partial charge in [-0.15, -0.1) is 0 Å². The average molecular weight is 383 g/mol. The van der Waals surface area contributed by atoms with E-state index in [1.807, 2.05) is 77.5 Å². The van der Waals surface area contributed by atoms with Gasteiger partial charge in [-0.3, -0.25) is 4.79 Å². The van der Waals surface area contributed by atoms with E-state index in [1.165, 1.54) is 0 Å². The highest BCUT2D eigenvalue weighted by atomic mass is 16.5. The minimum atomic E-state index is -0.131. The third kappa shape index (κ3) is 4.90. The number of hydrogen-bond donors (Lipinski definition) is 1. The molecule has 29 heavy (non-hydrogen) atoms. The fourth-order valence-electron chi connectivity index (χ4n) is 2.95. The summed E-state index contributed by atoms with van der Waals surface area (Å²) in [7, 11) is 0. The number of rotatable bonds is 7. The molecule has 0 aliphatic rings. The van der Waals surface area contributed by atoms with Crippen LogP contribution in [0.2, 0.25) is 0 Å². The van der Waals surface area contributed by atoms with Crippen molar-refractivity contribution in [3.63, 3.8) is 0 Å². The number of imidazole rings is 1. The molecule has 5 nitrogen and oxygen atoms in total. The number of amides is 1. The molecule has 144 valence electrons. The molecule has 4 rings (SSSR count). The first kappa shape index (κ1) is 18.5. The van der Waals surface area contributed by atoms with Crippen LogP contribution < -0.4 is 10.1 Å². The molecule has 4 aromatic rings. The molecular weight excluding hydrogens is 362 g/mol. The second kappa shape index (κ2) is 8.89. The van der Waals surface area contributed by atoms with E-state index in [9.17, 15) is 4.79 Å². The Bertz CT molecular complexity index is 1060. The summed E-state index contributed by atoms with van der Waals surface area (Å²) in [5.74, 6) is 0.542. The van der Waals surface area contributed by atoms with E-state index in [-0.39, 0.29) is 5.91 Å². The highest BCUT2D eigenvalue weighted by molar-refractivity contribution is 5.94. The van der Waals surface area contributed by atoms with Crippen LogP contribution in [0.15, 0.2) is 97.6 Å². The second-order valence-corrected chi connectivity index (χ2v) is 6.62. The van der Waals surface area contributed by atoms with E-state index < -0.39 is 0 Å². The molecule has 0 fully saturated rings. The lowest BCUT2D eigenvalue weighted by Crippen LogP contribution is -2.22. The van der Waals surface area contributed by atoms with Gasteiger partial charge in [-0.05, 0) is 41.5 Å². The van der Waals surface area contributed by atoms with Crippen LogP contribution in [0.5, 0.6) is 5.75 Å². The maximum absolute atomic E-state index is 12.5. The molecule has 0 aliphatic heterocycles. The minimum absolute atomic E-state index is 0.131. The molecule has 1 heterocycles. The molecule has 1 amide bonds. The quantitative estimate of drug-likeness (QED) is 0.515. The number of aromatic nitrogens is 2. The van der Waals surface area contributed by atoms with Crippen molar-refractivity contribution in [2.45, 2.75) is 13.2 Å². The molecule has 0 spiro atoms. The van der Waals surface area contributed by atoms with Gasteiger partial charge in [0.2, 0.25) is 0 Å². The zero-order valence-corrected chi connectivity index (χ0v) is 15.9. The van der Waals surface area contributed by atoms with Crippen LogP contribution in [0.1, 0.15) is 21.5 Å². The van der Waals surface area contributed by atoms with Crippen LogP contribution in [-0.2, 0) is 13.2 Å². The Hall–Kier alpha value is -3.86. The molecule has 0 atom stereocenters. The second-order valence-electron chi connectivity index (χ2n) is 6.62. The van der Waals surface area contributed by atoms with E-state index in [2.05, 4.69) is 10.3 Å². The number of nitrogens with one attached hydrogen (secondary N) is 1. The lowest BCUT2D eigenvalue weighted by Gasteiger charge is -2.09. The first-order valence-electron chi connectivity index (χ1n) is 9.40. The molecule has 5 heteroatoms. The van der Waals surface area contributed by atoms with Crippen molar-refractivity contribution in [1.82, 2.24) is 14.9 Å². The van der Waals surface area contributed by atoms with Gasteiger partial charge in [0.25, 0.3) is 5.91 Å². The first-order chi connectivity index (χ1) is 14.3. The van der Waals surface area contributed by atoms with Gasteiger partial charge in [0.05, 0.1) is 6.33 Å². The molecule has 1 N–H and O–H groups in total. The Morgan fingerprint density at radius 3 is 2.52 bits per heavy atom. The van der Waals surface area contributed by atoms with Gasteiger partial charge >= 0.3 is 0 Å². The summed E-state index contributed by atoms with van der Waals surface area (Å²) in [6, 6.07) is 25.2. The minimum Gasteiger partial charge on any atom is -0.489 e. The highest BCUT2D eigenvalue weighted by Gasteiger charge is 2.07. The molecule has 0 unspecified atom stereocenters. The van der Waals surface area contributed by atoms with Crippen LogP contribution in [-0.4, -0.2) is 15.5 Å². The van der Waals surface area contributed by atoms with E-state index in [0.717, 1.165) is 16.8 Å². The molecule has 0 saturated carbocycles. The van der Waals surface area contributed by atoms with Crippen molar-refractivity contribution < 1.29 is 9.53 Å². The molecule has 0 bridgehead atoms. The molecule has 1 aromatic heterocycles. The van der Waals surface area contributed by atoms with Gasteiger partial charge in [-0.2, -0.15) is 0 Å². The van der Waals surface area contributed by atoms with Crippen molar-refractivity contribution in [2.75, 3.05) is 0 Å². The van der Waals surface area contributed by atoms with Crippen molar-refractivity contribution in [3.8, 4) is 11.4 Å². The largest absolute Gasteiger partial charge is 0.489 e. The van der Waals surface area contributed by atoms with Crippen molar-refractivity contribution >= 4 is 5.91 Å². The zero-order valence-electron chi connectivity index (χ0n) is 15.9. The number of carbonyl (C=O) groups is 1. The van der Waals surface area contributed by atoms with E-state index >= 15 is 0 Å². The highest BCUT2D eigenvalue weighted by Crippen LogP contribution is 2.16. The molecular formula is C24H21N3O2. The molecule has 0 radical (unpaired) electrons. The van der Waals surface area contributed by atoms with Gasteiger partial charge in [0.15, 0.2) is 0 Å². The van der Waals surface area contributed by atoms with Crippen LogP contribution >= 0.6 is 0 Å². The van der Waals surface area contributed by atoms with Gasteiger partial charge < -0.3 is 14.6 Å². The Morgan fingerprint density at radius 2 is 1.76 bits per heavy atom. The van der Waals surface area contributed by atoms with Gasteiger partial charge in [-0.1, -0.05) is 48.5 Å².